The summed E-state index contributed by atoms with van der Waals surface area (Å²) in [7, 11) is 0. The molecule has 1 aromatic carbocycles. The first-order chi connectivity index (χ1) is 7.61. The molecule has 0 aromatic heterocycles. The molecule has 0 aliphatic carbocycles. The maximum atomic E-state index is 8.65. The molecule has 86 valence electrons. The third-order valence-electron chi connectivity index (χ3n) is 2.06. The molecule has 0 amide bonds. The highest BCUT2D eigenvalue weighted by molar-refractivity contribution is 5.46. The van der Waals surface area contributed by atoms with Gasteiger partial charge in [-0.25, -0.2) is 0 Å². The van der Waals surface area contributed by atoms with Gasteiger partial charge in [-0.2, -0.15) is 5.26 Å². The largest absolute Gasteiger partial charge is 0.491 e. The fourth-order valence-electron chi connectivity index (χ4n) is 1.24. The van der Waals surface area contributed by atoms with Crippen molar-refractivity contribution in [2.24, 2.45) is 5.92 Å². The average Bonchev–Trinajstić information content (AvgIpc) is 2.27. The molecule has 3 nitrogen and oxygen atoms in total. The molecule has 1 unspecified atom stereocenters. The van der Waals surface area contributed by atoms with E-state index in [-0.39, 0.29) is 12.0 Å². The van der Waals surface area contributed by atoms with E-state index in [9.17, 15) is 0 Å². The van der Waals surface area contributed by atoms with Crippen LogP contribution in [0.2, 0.25) is 0 Å². The molecule has 0 radical (unpaired) electrons. The average molecular weight is 218 g/mol. The Morgan fingerprint density at radius 3 is 2.38 bits per heavy atom. The Hall–Kier alpha value is -1.69. The first-order valence-corrected chi connectivity index (χ1v) is 5.52. The van der Waals surface area contributed by atoms with E-state index in [1.807, 2.05) is 45.0 Å². The van der Waals surface area contributed by atoms with Gasteiger partial charge in [-0.3, -0.25) is 0 Å². The van der Waals surface area contributed by atoms with E-state index < -0.39 is 0 Å². The van der Waals surface area contributed by atoms with Gasteiger partial charge in [0.15, 0.2) is 0 Å². The van der Waals surface area contributed by atoms with Crippen molar-refractivity contribution in [2.45, 2.75) is 26.9 Å². The van der Waals surface area contributed by atoms with Crippen LogP contribution in [0, 0.1) is 17.2 Å². The van der Waals surface area contributed by atoms with Crippen molar-refractivity contribution in [3.63, 3.8) is 0 Å². The van der Waals surface area contributed by atoms with Crippen LogP contribution in [-0.4, -0.2) is 12.6 Å². The lowest BCUT2D eigenvalue weighted by atomic mass is 10.2. The lowest BCUT2D eigenvalue weighted by Gasteiger charge is -2.11. The second-order valence-corrected chi connectivity index (χ2v) is 4.10. The maximum absolute atomic E-state index is 8.65. The monoisotopic (exact) mass is 218 g/mol. The lowest BCUT2D eigenvalue weighted by molar-refractivity contribution is 0.242. The van der Waals surface area contributed by atoms with Crippen molar-refractivity contribution in [1.82, 2.24) is 0 Å². The Kier molecular flexibility index (Phi) is 4.65. The highest BCUT2D eigenvalue weighted by atomic mass is 16.5. The van der Waals surface area contributed by atoms with Gasteiger partial charge in [0.25, 0.3) is 0 Å². The zero-order valence-electron chi connectivity index (χ0n) is 10.0. The fourth-order valence-corrected chi connectivity index (χ4v) is 1.24. The molecule has 0 heterocycles. The summed E-state index contributed by atoms with van der Waals surface area (Å²) in [6.07, 6.45) is 0.192. The van der Waals surface area contributed by atoms with E-state index in [0.29, 0.717) is 6.54 Å². The summed E-state index contributed by atoms with van der Waals surface area (Å²) in [5, 5.41) is 11.8. The number of nitriles is 1. The summed E-state index contributed by atoms with van der Waals surface area (Å²) in [5.74, 6) is 0.889. The summed E-state index contributed by atoms with van der Waals surface area (Å²) in [4.78, 5) is 0. The molecule has 0 aliphatic rings. The molecule has 0 fully saturated rings. The Bertz CT molecular complexity index is 351. The van der Waals surface area contributed by atoms with Crippen molar-refractivity contribution in [3.8, 4) is 11.8 Å². The number of nitrogens with one attached hydrogen (secondary N) is 1. The molecule has 0 saturated carbocycles. The smallest absolute Gasteiger partial charge is 0.119 e. The number of hydrogen-bond donors (Lipinski definition) is 1. The first kappa shape index (κ1) is 12.4. The van der Waals surface area contributed by atoms with Crippen LogP contribution in [0.25, 0.3) is 0 Å². The highest BCUT2D eigenvalue weighted by Crippen LogP contribution is 2.16. The molecule has 0 bridgehead atoms. The van der Waals surface area contributed by atoms with Gasteiger partial charge in [0, 0.05) is 12.2 Å². The number of anilines is 1. The zero-order chi connectivity index (χ0) is 12.0. The molecule has 16 heavy (non-hydrogen) atoms. The normalized spacial score (nSPS) is 11.9. The van der Waals surface area contributed by atoms with E-state index in [4.69, 9.17) is 10.00 Å². The molecule has 3 heteroatoms. The van der Waals surface area contributed by atoms with E-state index >= 15 is 0 Å². The Balaban J connectivity index is 2.49. The number of hydrogen-bond acceptors (Lipinski definition) is 3. The number of rotatable bonds is 5. The molecular weight excluding hydrogens is 200 g/mol. The van der Waals surface area contributed by atoms with E-state index in [2.05, 4.69) is 11.4 Å². The van der Waals surface area contributed by atoms with Crippen LogP contribution in [0.3, 0.4) is 0 Å². The molecule has 0 saturated heterocycles. The first-order valence-electron chi connectivity index (χ1n) is 5.52. The minimum absolute atomic E-state index is 0.0200. The molecular formula is C13H18N2O. The van der Waals surface area contributed by atoms with Crippen LogP contribution in [0.5, 0.6) is 5.75 Å². The highest BCUT2D eigenvalue weighted by Gasteiger charge is 2.00. The van der Waals surface area contributed by atoms with Crippen LogP contribution < -0.4 is 10.1 Å². The topological polar surface area (TPSA) is 45.0 Å². The van der Waals surface area contributed by atoms with Gasteiger partial charge in [-0.05, 0) is 45.0 Å². The van der Waals surface area contributed by atoms with Gasteiger partial charge in [-0.1, -0.05) is 0 Å². The molecule has 1 aromatic rings. The number of benzene rings is 1. The second-order valence-electron chi connectivity index (χ2n) is 4.10. The lowest BCUT2D eigenvalue weighted by Crippen LogP contribution is -2.09. The van der Waals surface area contributed by atoms with E-state index in [1.54, 1.807) is 0 Å². The van der Waals surface area contributed by atoms with Crippen LogP contribution >= 0.6 is 0 Å². The molecule has 1 atom stereocenters. The van der Waals surface area contributed by atoms with Crippen LogP contribution in [0.1, 0.15) is 20.8 Å². The molecule has 0 aliphatic heterocycles. The van der Waals surface area contributed by atoms with Crippen molar-refractivity contribution in [2.75, 3.05) is 11.9 Å². The molecule has 1 rings (SSSR count). The van der Waals surface area contributed by atoms with Gasteiger partial charge < -0.3 is 10.1 Å². The van der Waals surface area contributed by atoms with Gasteiger partial charge in [0.05, 0.1) is 18.1 Å². The molecule has 1 N–H and O–H groups in total. The van der Waals surface area contributed by atoms with Crippen LogP contribution in [0.4, 0.5) is 5.69 Å². The Morgan fingerprint density at radius 1 is 1.25 bits per heavy atom. The quantitative estimate of drug-likeness (QED) is 0.826. The predicted molar refractivity (Wildman–Crippen MR) is 65.5 cm³/mol. The minimum atomic E-state index is 0.0200. The van der Waals surface area contributed by atoms with Crippen molar-refractivity contribution >= 4 is 5.69 Å². The summed E-state index contributed by atoms with van der Waals surface area (Å²) < 4.78 is 5.54. The third kappa shape index (κ3) is 4.22. The Labute approximate surface area is 97.0 Å². The third-order valence-corrected chi connectivity index (χ3v) is 2.06. The van der Waals surface area contributed by atoms with Gasteiger partial charge in [0.2, 0.25) is 0 Å². The van der Waals surface area contributed by atoms with E-state index in [0.717, 1.165) is 11.4 Å². The van der Waals surface area contributed by atoms with Gasteiger partial charge in [0.1, 0.15) is 5.75 Å². The minimum Gasteiger partial charge on any atom is -0.491 e. The number of ether oxygens (including phenoxy) is 1. The summed E-state index contributed by atoms with van der Waals surface area (Å²) in [6, 6.07) is 9.97. The standard InChI is InChI=1S/C13H18N2O/c1-10(2)16-13-6-4-12(5-7-13)15-9-11(3)8-14/h4-7,10-11,15H,9H2,1-3H3. The number of nitrogens with zero attached hydrogens (tertiary/aromatic N) is 1. The predicted octanol–water partition coefficient (Wildman–Crippen LogP) is 3.05. The summed E-state index contributed by atoms with van der Waals surface area (Å²) in [5.41, 5.74) is 1.01. The SMILES string of the molecule is CC(C#N)CNc1ccc(OC(C)C)cc1. The van der Waals surface area contributed by atoms with Gasteiger partial charge >= 0.3 is 0 Å². The second kappa shape index (κ2) is 6.02. The van der Waals surface area contributed by atoms with Crippen molar-refractivity contribution in [3.05, 3.63) is 24.3 Å². The van der Waals surface area contributed by atoms with Gasteiger partial charge in [-0.15, -0.1) is 0 Å². The van der Waals surface area contributed by atoms with Crippen molar-refractivity contribution in [1.29, 1.82) is 5.26 Å². The van der Waals surface area contributed by atoms with Crippen LogP contribution in [-0.2, 0) is 0 Å². The summed E-state index contributed by atoms with van der Waals surface area (Å²) in [6.45, 7) is 6.56. The fraction of sp³-hybridized carbons (Fsp3) is 0.462. The Morgan fingerprint density at radius 2 is 1.88 bits per heavy atom. The van der Waals surface area contributed by atoms with E-state index in [1.165, 1.54) is 0 Å². The zero-order valence-corrected chi connectivity index (χ0v) is 10.0. The van der Waals surface area contributed by atoms with Crippen molar-refractivity contribution < 1.29 is 4.74 Å². The molecule has 0 spiro atoms. The van der Waals surface area contributed by atoms with Crippen LogP contribution in [0.15, 0.2) is 24.3 Å². The maximum Gasteiger partial charge on any atom is 0.119 e. The summed E-state index contributed by atoms with van der Waals surface area (Å²) >= 11 is 0.